The molecule has 5 unspecified atom stereocenters. The molecule has 10 nitrogen and oxygen atoms in total. The van der Waals surface area contributed by atoms with Gasteiger partial charge in [0.2, 0.25) is 0 Å². The Hall–Kier alpha value is -4.46. The van der Waals surface area contributed by atoms with Crippen LogP contribution < -0.4 is 15.1 Å². The van der Waals surface area contributed by atoms with E-state index in [1.54, 1.807) is 86.6 Å². The Bertz CT molecular complexity index is 2390. The first-order chi connectivity index (χ1) is 26.7. The zero-order valence-corrected chi connectivity index (χ0v) is 35.8. The van der Waals surface area contributed by atoms with Crippen LogP contribution in [0.1, 0.15) is 101 Å². The van der Waals surface area contributed by atoms with E-state index in [1.807, 2.05) is 20.8 Å². The zero-order valence-electron chi connectivity index (χ0n) is 31.0. The first-order valence-electron chi connectivity index (χ1n) is 18.1. The lowest BCUT2D eigenvalue weighted by atomic mass is 9.80. The van der Waals surface area contributed by atoms with Crippen molar-refractivity contribution in [3.63, 3.8) is 0 Å². The van der Waals surface area contributed by atoms with Gasteiger partial charge in [-0.3, -0.25) is 0 Å². The maximum Gasteiger partial charge on any atom is 0.338 e. The van der Waals surface area contributed by atoms with E-state index >= 15 is 0 Å². The van der Waals surface area contributed by atoms with E-state index in [-0.39, 0.29) is 39.3 Å². The largest absolute Gasteiger partial charge is 0.489 e. The molecule has 0 saturated heterocycles. The van der Waals surface area contributed by atoms with Gasteiger partial charge in [-0.1, -0.05) is 68.1 Å². The topological polar surface area (TPSA) is 128 Å². The van der Waals surface area contributed by atoms with Crippen molar-refractivity contribution in [2.24, 2.45) is 5.92 Å². The van der Waals surface area contributed by atoms with Crippen LogP contribution in [-0.4, -0.2) is 35.7 Å². The van der Waals surface area contributed by atoms with Gasteiger partial charge in [-0.15, -0.1) is 0 Å². The van der Waals surface area contributed by atoms with E-state index in [1.165, 1.54) is 6.07 Å². The number of fused-ring (bicyclic) bond motifs is 6. The third-order valence-corrected chi connectivity index (χ3v) is 11.7. The standard InChI is InChI=1S/C43H37Br3O10/c1-6-7-26-20-30(47)52-35-31(26)37-33(36-32(35)34(21(2)22(3)51-36)53-40(48)23-8-14-27(44)15-9-23)38(54-41(49)24-10-16-28(45)17-11-24)39(43(4,5)56-37)55-42(50)25-12-18-29(46)19-13-25/h8-22,34,38-39H,6-7H2,1-5H3. The molecular weight excluding hydrogens is 916 g/mol. The van der Waals surface area contributed by atoms with Gasteiger partial charge in [0.25, 0.3) is 0 Å². The molecule has 290 valence electrons. The summed E-state index contributed by atoms with van der Waals surface area (Å²) in [4.78, 5) is 55.2. The number of esters is 3. The second-order valence-electron chi connectivity index (χ2n) is 14.4. The maximum absolute atomic E-state index is 14.1. The molecule has 0 amide bonds. The molecule has 0 fully saturated rings. The molecule has 0 bridgehead atoms. The second-order valence-corrected chi connectivity index (χ2v) is 17.2. The highest BCUT2D eigenvalue weighted by molar-refractivity contribution is 9.11. The van der Waals surface area contributed by atoms with Crippen molar-refractivity contribution >= 4 is 76.7 Å². The number of hydrogen-bond donors (Lipinski definition) is 0. The van der Waals surface area contributed by atoms with Crippen molar-refractivity contribution in [3.8, 4) is 11.5 Å². The van der Waals surface area contributed by atoms with Gasteiger partial charge < -0.3 is 28.1 Å². The van der Waals surface area contributed by atoms with E-state index < -0.39 is 59.5 Å². The lowest BCUT2D eigenvalue weighted by Gasteiger charge is -2.46. The highest BCUT2D eigenvalue weighted by Gasteiger charge is 2.54. The van der Waals surface area contributed by atoms with Crippen molar-refractivity contribution in [3.05, 3.63) is 136 Å². The van der Waals surface area contributed by atoms with E-state index in [0.717, 1.165) is 13.4 Å². The van der Waals surface area contributed by atoms with Crippen molar-refractivity contribution in [2.45, 2.75) is 77.5 Å². The molecule has 0 N–H and O–H groups in total. The van der Waals surface area contributed by atoms with E-state index in [0.29, 0.717) is 29.4 Å². The van der Waals surface area contributed by atoms with Gasteiger partial charge in [0.1, 0.15) is 29.3 Å². The van der Waals surface area contributed by atoms with Gasteiger partial charge >= 0.3 is 23.5 Å². The first-order valence-corrected chi connectivity index (χ1v) is 20.5. The number of rotatable bonds is 8. The highest BCUT2D eigenvalue weighted by atomic mass is 79.9. The summed E-state index contributed by atoms with van der Waals surface area (Å²) in [5, 5.41) is 0.436. The fraction of sp³-hybridized carbons (Fsp3) is 0.302. The third kappa shape index (κ3) is 7.65. The van der Waals surface area contributed by atoms with Gasteiger partial charge in [-0.05, 0) is 106 Å². The lowest BCUT2D eigenvalue weighted by Crippen LogP contribution is -2.52. The first kappa shape index (κ1) is 39.8. The molecule has 0 saturated carbocycles. The predicted octanol–water partition coefficient (Wildman–Crippen LogP) is 10.6. The number of carbonyl (C=O) groups is 3. The van der Waals surface area contributed by atoms with Crippen LogP contribution in [0.25, 0.3) is 11.0 Å². The van der Waals surface area contributed by atoms with Gasteiger partial charge in [0.15, 0.2) is 17.8 Å². The molecule has 13 heteroatoms. The summed E-state index contributed by atoms with van der Waals surface area (Å²) in [6, 6.07) is 21.5. The monoisotopic (exact) mass is 950 g/mol. The molecule has 1 aromatic heterocycles. The fourth-order valence-corrected chi connectivity index (χ4v) is 7.91. The summed E-state index contributed by atoms with van der Waals surface area (Å²) < 4.78 is 41.0. The van der Waals surface area contributed by atoms with Crippen LogP contribution in [-0.2, 0) is 20.6 Å². The number of benzene rings is 4. The minimum atomic E-state index is -1.33. The van der Waals surface area contributed by atoms with Crippen molar-refractivity contribution in [1.82, 2.24) is 0 Å². The normalized spacial score (nSPS) is 20.8. The number of aryl methyl sites for hydroxylation is 1. The van der Waals surface area contributed by atoms with Crippen LogP contribution in [0, 0.1) is 5.92 Å². The Morgan fingerprint density at radius 2 is 1.18 bits per heavy atom. The minimum Gasteiger partial charge on any atom is -0.489 e. The molecule has 2 aliphatic rings. The Morgan fingerprint density at radius 1 is 0.696 bits per heavy atom. The van der Waals surface area contributed by atoms with Crippen LogP contribution in [0.2, 0.25) is 0 Å². The number of carbonyl (C=O) groups excluding carboxylic acids is 3. The molecule has 0 aliphatic carbocycles. The average Bonchev–Trinajstić information content (AvgIpc) is 3.15. The zero-order chi connectivity index (χ0) is 40.1. The molecule has 0 radical (unpaired) electrons. The van der Waals surface area contributed by atoms with Crippen LogP contribution in [0.4, 0.5) is 0 Å². The molecule has 56 heavy (non-hydrogen) atoms. The molecule has 5 atom stereocenters. The lowest BCUT2D eigenvalue weighted by molar-refractivity contribution is -0.124. The number of hydrogen-bond acceptors (Lipinski definition) is 10. The molecule has 3 heterocycles. The summed E-state index contributed by atoms with van der Waals surface area (Å²) in [6.45, 7) is 9.14. The van der Waals surface area contributed by atoms with Crippen LogP contribution >= 0.6 is 47.8 Å². The Morgan fingerprint density at radius 3 is 1.68 bits per heavy atom. The molecule has 4 aromatic carbocycles. The van der Waals surface area contributed by atoms with Gasteiger partial charge in [0.05, 0.1) is 33.2 Å². The van der Waals surface area contributed by atoms with Gasteiger partial charge in [-0.25, -0.2) is 19.2 Å². The summed E-state index contributed by atoms with van der Waals surface area (Å²) in [7, 11) is 0. The van der Waals surface area contributed by atoms with Crippen molar-refractivity contribution in [1.29, 1.82) is 0 Å². The SMILES string of the molecule is CCCc1cc(=O)oc2c3c(c4c(c12)OC(C)(C)C(OC(=O)c1ccc(Br)cc1)C4OC(=O)c1ccc(Br)cc1)OC(C)C(C)C3OC(=O)c1ccc(Br)cc1. The van der Waals surface area contributed by atoms with E-state index in [2.05, 4.69) is 47.8 Å². The molecular formula is C43H37Br3O10. The summed E-state index contributed by atoms with van der Waals surface area (Å²) in [5.41, 5.74) is 0.140. The van der Waals surface area contributed by atoms with Crippen molar-refractivity contribution in [2.75, 3.05) is 0 Å². The molecule has 2 aliphatic heterocycles. The van der Waals surface area contributed by atoms with Crippen molar-refractivity contribution < 1.29 is 42.5 Å². The fourth-order valence-electron chi connectivity index (χ4n) is 7.12. The quantitative estimate of drug-likeness (QED) is 0.0842. The Balaban J connectivity index is 1.49. The minimum absolute atomic E-state index is 0.126. The van der Waals surface area contributed by atoms with E-state index in [9.17, 15) is 19.2 Å². The number of ether oxygens (including phenoxy) is 5. The molecule has 5 aromatic rings. The Labute approximate surface area is 348 Å². The average molecular weight is 953 g/mol. The van der Waals surface area contributed by atoms with E-state index in [4.69, 9.17) is 28.1 Å². The summed E-state index contributed by atoms with van der Waals surface area (Å²) >= 11 is 10.2. The smallest absolute Gasteiger partial charge is 0.338 e. The molecule has 0 spiro atoms. The maximum atomic E-state index is 14.1. The molecule has 7 rings (SSSR count). The number of halogens is 3. The summed E-state index contributed by atoms with van der Waals surface area (Å²) in [6.07, 6.45) is -3.02. The van der Waals surface area contributed by atoms with Gasteiger partial charge in [-0.2, -0.15) is 0 Å². The second kappa shape index (κ2) is 15.8. The van der Waals surface area contributed by atoms with Crippen LogP contribution in [0.5, 0.6) is 11.5 Å². The van der Waals surface area contributed by atoms with Gasteiger partial charge in [0, 0.05) is 25.4 Å². The summed E-state index contributed by atoms with van der Waals surface area (Å²) in [5.74, 6) is -2.06. The predicted molar refractivity (Wildman–Crippen MR) is 218 cm³/mol. The van der Waals surface area contributed by atoms with Crippen LogP contribution in [0.15, 0.2) is 101 Å². The van der Waals surface area contributed by atoms with Crippen LogP contribution in [0.3, 0.4) is 0 Å². The highest BCUT2D eigenvalue weighted by Crippen LogP contribution is 2.57. The third-order valence-electron chi connectivity index (χ3n) is 10.1. The Kier molecular flexibility index (Phi) is 11.2.